The summed E-state index contributed by atoms with van der Waals surface area (Å²) in [6.45, 7) is 5.78. The van der Waals surface area contributed by atoms with E-state index in [0.717, 1.165) is 48.5 Å². The number of amides is 2. The van der Waals surface area contributed by atoms with Crippen LogP contribution in [0.3, 0.4) is 0 Å². The number of nitrogens with zero attached hydrogens (tertiary/aromatic N) is 2. The minimum Gasteiger partial charge on any atom is -0.368 e. The minimum absolute atomic E-state index is 0. The molecule has 1 saturated heterocycles. The molecule has 3 aromatic rings. The van der Waals surface area contributed by atoms with Crippen LogP contribution in [0.2, 0.25) is 10.0 Å². The van der Waals surface area contributed by atoms with E-state index in [0.29, 0.717) is 21.4 Å². The average Bonchev–Trinajstić information content (AvgIpc) is 2.71. The molecule has 1 aliphatic rings. The van der Waals surface area contributed by atoms with Crippen molar-refractivity contribution in [2.24, 2.45) is 0 Å². The predicted octanol–water partition coefficient (Wildman–Crippen LogP) is 5.33. The van der Waals surface area contributed by atoms with Crippen molar-refractivity contribution in [3.05, 3.63) is 58.2 Å². The summed E-state index contributed by atoms with van der Waals surface area (Å²) < 4.78 is 0. The molecule has 2 aromatic carbocycles. The highest BCUT2D eigenvalue weighted by Gasteiger charge is 2.15. The molecule has 3 N–H and O–H groups in total. The Balaban J connectivity index is 0.00000256. The van der Waals surface area contributed by atoms with Crippen LogP contribution in [0.25, 0.3) is 10.9 Å². The molecule has 2 amide bonds. The largest absolute Gasteiger partial charge is 0.368 e. The van der Waals surface area contributed by atoms with E-state index < -0.39 is 0 Å². The Morgan fingerprint density at radius 3 is 2.37 bits per heavy atom. The Hall–Kier alpha value is -2.25. The van der Waals surface area contributed by atoms with Gasteiger partial charge in [-0.1, -0.05) is 23.2 Å². The van der Waals surface area contributed by atoms with Gasteiger partial charge in [0.1, 0.15) is 0 Å². The zero-order chi connectivity index (χ0) is 20.4. The molecule has 30 heavy (non-hydrogen) atoms. The van der Waals surface area contributed by atoms with Crippen LogP contribution in [0.1, 0.15) is 5.69 Å². The molecule has 0 aliphatic carbocycles. The van der Waals surface area contributed by atoms with Crippen molar-refractivity contribution in [2.45, 2.75) is 6.92 Å². The van der Waals surface area contributed by atoms with Crippen molar-refractivity contribution in [1.82, 2.24) is 10.3 Å². The Morgan fingerprint density at radius 1 is 1.00 bits per heavy atom. The molecule has 0 bridgehead atoms. The number of benzene rings is 2. The Labute approximate surface area is 191 Å². The lowest BCUT2D eigenvalue weighted by molar-refractivity contribution is 0.262. The number of pyridine rings is 1. The smallest absolute Gasteiger partial charge is 0.323 e. The van der Waals surface area contributed by atoms with Crippen molar-refractivity contribution in [1.29, 1.82) is 0 Å². The molecular weight excluding hydrogens is 445 g/mol. The number of halogens is 3. The first-order chi connectivity index (χ1) is 14.0. The van der Waals surface area contributed by atoms with Crippen molar-refractivity contribution in [3.63, 3.8) is 0 Å². The van der Waals surface area contributed by atoms with Gasteiger partial charge in [0.25, 0.3) is 0 Å². The average molecular weight is 467 g/mol. The first kappa shape index (κ1) is 22.4. The third-order valence-corrected chi connectivity index (χ3v) is 5.55. The summed E-state index contributed by atoms with van der Waals surface area (Å²) in [5, 5.41) is 10.9. The normalized spacial score (nSPS) is 13.6. The van der Waals surface area contributed by atoms with E-state index >= 15 is 0 Å². The van der Waals surface area contributed by atoms with Crippen LogP contribution in [-0.2, 0) is 0 Å². The van der Waals surface area contributed by atoms with Gasteiger partial charge in [-0.3, -0.25) is 4.98 Å². The lowest BCUT2D eigenvalue weighted by Gasteiger charge is -2.30. The number of hydrogen-bond donors (Lipinski definition) is 3. The van der Waals surface area contributed by atoms with Crippen LogP contribution in [0.5, 0.6) is 0 Å². The molecule has 0 spiro atoms. The Kier molecular flexibility index (Phi) is 7.26. The molecule has 0 unspecified atom stereocenters. The summed E-state index contributed by atoms with van der Waals surface area (Å²) in [6, 6.07) is 12.5. The third-order valence-electron chi connectivity index (χ3n) is 4.81. The second kappa shape index (κ2) is 9.71. The number of aromatic nitrogens is 1. The zero-order valence-electron chi connectivity index (χ0n) is 16.3. The summed E-state index contributed by atoms with van der Waals surface area (Å²) >= 11 is 11.9. The van der Waals surface area contributed by atoms with Crippen molar-refractivity contribution >= 4 is 69.6 Å². The van der Waals surface area contributed by atoms with Crippen LogP contribution >= 0.6 is 35.6 Å². The van der Waals surface area contributed by atoms with Gasteiger partial charge >= 0.3 is 6.03 Å². The fourth-order valence-corrected chi connectivity index (χ4v) is 3.75. The number of anilines is 3. The van der Waals surface area contributed by atoms with Crippen LogP contribution < -0.4 is 20.9 Å². The van der Waals surface area contributed by atoms with Gasteiger partial charge in [0.15, 0.2) is 0 Å². The van der Waals surface area contributed by atoms with E-state index in [1.165, 1.54) is 0 Å². The molecule has 0 atom stereocenters. The maximum Gasteiger partial charge on any atom is 0.323 e. The molecule has 2 heterocycles. The van der Waals surface area contributed by atoms with Crippen molar-refractivity contribution < 1.29 is 4.79 Å². The number of aryl methyl sites for hydroxylation is 1. The van der Waals surface area contributed by atoms with Crippen molar-refractivity contribution in [2.75, 3.05) is 41.7 Å². The van der Waals surface area contributed by atoms with E-state index in [2.05, 4.69) is 31.9 Å². The van der Waals surface area contributed by atoms with Gasteiger partial charge in [0, 0.05) is 54.3 Å². The fourth-order valence-electron chi connectivity index (χ4n) is 3.45. The second-order valence-electron chi connectivity index (χ2n) is 6.96. The molecule has 0 radical (unpaired) electrons. The minimum atomic E-state index is -0.355. The maximum atomic E-state index is 12.4. The second-order valence-corrected chi connectivity index (χ2v) is 7.77. The number of carbonyl (C=O) groups excluding carboxylic acids is 1. The van der Waals surface area contributed by atoms with Gasteiger partial charge in [-0.15, -0.1) is 12.4 Å². The molecule has 1 fully saturated rings. The number of piperazine rings is 1. The highest BCUT2D eigenvalue weighted by molar-refractivity contribution is 6.42. The molecule has 1 aliphatic heterocycles. The van der Waals surface area contributed by atoms with E-state index in [1.54, 1.807) is 18.2 Å². The number of hydrogen-bond acceptors (Lipinski definition) is 4. The zero-order valence-corrected chi connectivity index (χ0v) is 18.7. The van der Waals surface area contributed by atoms with Crippen LogP contribution in [0.4, 0.5) is 21.9 Å². The molecular formula is C21H22Cl3N5O. The summed E-state index contributed by atoms with van der Waals surface area (Å²) in [6.07, 6.45) is 0. The lowest BCUT2D eigenvalue weighted by Crippen LogP contribution is -2.43. The standard InChI is InChI=1S/C21H21Cl2N5O.ClH/c1-13-10-20(28-8-6-24-7-9-28)16-11-14(3-5-19(16)25-13)26-21(29)27-15-2-4-17(22)18(23)12-15;/h2-5,10-12,24H,6-9H2,1H3,(H2,26,27,29);1H. The first-order valence-corrected chi connectivity index (χ1v) is 10.2. The third kappa shape index (κ3) is 5.08. The van der Waals surface area contributed by atoms with Crippen molar-refractivity contribution in [3.8, 4) is 0 Å². The highest BCUT2D eigenvalue weighted by atomic mass is 35.5. The number of carbonyl (C=O) groups is 1. The number of fused-ring (bicyclic) bond motifs is 1. The molecule has 4 rings (SSSR count). The van der Waals surface area contributed by atoms with Crippen LogP contribution in [0.15, 0.2) is 42.5 Å². The van der Waals surface area contributed by atoms with Gasteiger partial charge in [0.2, 0.25) is 0 Å². The Morgan fingerprint density at radius 2 is 1.67 bits per heavy atom. The molecule has 6 nitrogen and oxygen atoms in total. The number of rotatable bonds is 3. The van der Waals surface area contributed by atoms with Gasteiger partial charge in [-0.2, -0.15) is 0 Å². The van der Waals surface area contributed by atoms with E-state index in [4.69, 9.17) is 23.2 Å². The van der Waals surface area contributed by atoms with Crippen LogP contribution in [0, 0.1) is 6.92 Å². The van der Waals surface area contributed by atoms with Gasteiger partial charge in [-0.05, 0) is 49.4 Å². The van der Waals surface area contributed by atoms with Crippen LogP contribution in [-0.4, -0.2) is 37.2 Å². The van der Waals surface area contributed by atoms with E-state index in [9.17, 15) is 4.79 Å². The summed E-state index contributed by atoms with van der Waals surface area (Å²) in [5.41, 5.74) is 4.29. The quantitative estimate of drug-likeness (QED) is 0.488. The fraction of sp³-hybridized carbons (Fsp3) is 0.238. The molecule has 1 aromatic heterocycles. The molecule has 9 heteroatoms. The molecule has 0 saturated carbocycles. The van der Waals surface area contributed by atoms with E-state index in [-0.39, 0.29) is 18.4 Å². The summed E-state index contributed by atoms with van der Waals surface area (Å²) in [5.74, 6) is 0. The summed E-state index contributed by atoms with van der Waals surface area (Å²) in [4.78, 5) is 19.4. The monoisotopic (exact) mass is 465 g/mol. The number of nitrogens with one attached hydrogen (secondary N) is 3. The van der Waals surface area contributed by atoms with Gasteiger partial charge in [0.05, 0.1) is 15.6 Å². The SMILES string of the molecule is Cc1cc(N2CCNCC2)c2cc(NC(=O)Nc3ccc(Cl)c(Cl)c3)ccc2n1.Cl. The van der Waals surface area contributed by atoms with Gasteiger partial charge in [-0.25, -0.2) is 4.79 Å². The lowest BCUT2D eigenvalue weighted by atomic mass is 10.1. The first-order valence-electron chi connectivity index (χ1n) is 9.40. The Bertz CT molecular complexity index is 1070. The predicted molar refractivity (Wildman–Crippen MR) is 128 cm³/mol. The molecule has 158 valence electrons. The van der Waals surface area contributed by atoms with E-state index in [1.807, 2.05) is 25.1 Å². The summed E-state index contributed by atoms with van der Waals surface area (Å²) in [7, 11) is 0. The topological polar surface area (TPSA) is 69.3 Å². The maximum absolute atomic E-state index is 12.4. The highest BCUT2D eigenvalue weighted by Crippen LogP contribution is 2.30. The number of urea groups is 1. The van der Waals surface area contributed by atoms with Gasteiger partial charge < -0.3 is 20.9 Å².